The molecule has 0 bridgehead atoms. The van der Waals surface area contributed by atoms with Crippen LogP contribution in [0.2, 0.25) is 0 Å². The van der Waals surface area contributed by atoms with Gasteiger partial charge in [-0.05, 0) is 42.0 Å². The van der Waals surface area contributed by atoms with Crippen LogP contribution in [0.1, 0.15) is 17.3 Å². The van der Waals surface area contributed by atoms with Crippen LogP contribution in [-0.4, -0.2) is 48.6 Å². The molecule has 1 aliphatic heterocycles. The lowest BCUT2D eigenvalue weighted by molar-refractivity contribution is 0.0742. The Balaban J connectivity index is 1.24. The number of hydrogen-bond donors (Lipinski definition) is 0. The highest BCUT2D eigenvalue weighted by molar-refractivity contribution is 7.22. The maximum Gasteiger partial charge on any atom is 0.349 e. The lowest BCUT2D eigenvalue weighted by Crippen LogP contribution is -2.49. The first-order valence-corrected chi connectivity index (χ1v) is 12.5. The maximum absolute atomic E-state index is 13.3. The number of rotatable bonds is 4. The van der Waals surface area contributed by atoms with Crippen molar-refractivity contribution in [3.8, 4) is 5.75 Å². The number of nitrogens with zero attached hydrogens (tertiary/aromatic N) is 3. The molecule has 3 aromatic carbocycles. The largest absolute Gasteiger partial charge is 0.492 e. The molecule has 7 nitrogen and oxygen atoms in total. The van der Waals surface area contributed by atoms with Gasteiger partial charge in [0.2, 0.25) is 0 Å². The molecule has 2 aromatic heterocycles. The number of thiazole rings is 1. The van der Waals surface area contributed by atoms with Crippen LogP contribution in [0.15, 0.2) is 69.9 Å². The third-order valence-electron chi connectivity index (χ3n) is 6.38. The standard InChI is InChI=1S/C27H23N3O4S/c1-2-33-22-8-5-9-23-24(22)28-27(35-23)30-14-12-29(13-15-30)25(31)20-16-19-18-7-4-3-6-17(18)10-11-21(19)34-26(20)32/h3-11,16H,2,12-15H2,1H3. The van der Waals surface area contributed by atoms with Crippen LogP contribution in [0.25, 0.3) is 32.0 Å². The maximum atomic E-state index is 13.3. The van der Waals surface area contributed by atoms with Gasteiger partial charge in [-0.1, -0.05) is 47.7 Å². The molecule has 0 atom stereocenters. The Labute approximate surface area is 205 Å². The fourth-order valence-corrected chi connectivity index (χ4v) is 5.65. The average Bonchev–Trinajstić information content (AvgIpc) is 3.33. The van der Waals surface area contributed by atoms with E-state index in [2.05, 4.69) is 4.90 Å². The zero-order chi connectivity index (χ0) is 23.9. The Kier molecular flexibility index (Phi) is 5.37. The van der Waals surface area contributed by atoms with Crippen molar-refractivity contribution in [3.05, 3.63) is 76.6 Å². The van der Waals surface area contributed by atoms with Gasteiger partial charge in [-0.25, -0.2) is 9.78 Å². The van der Waals surface area contributed by atoms with E-state index in [1.165, 1.54) is 0 Å². The minimum atomic E-state index is -0.602. The number of anilines is 1. The van der Waals surface area contributed by atoms with Gasteiger partial charge in [0, 0.05) is 31.6 Å². The lowest BCUT2D eigenvalue weighted by Gasteiger charge is -2.34. The first-order valence-electron chi connectivity index (χ1n) is 11.6. The predicted octanol–water partition coefficient (Wildman–Crippen LogP) is 4.92. The van der Waals surface area contributed by atoms with Crippen molar-refractivity contribution in [2.45, 2.75) is 6.92 Å². The Bertz CT molecular complexity index is 1630. The highest BCUT2D eigenvalue weighted by Gasteiger charge is 2.27. The number of carbonyl (C=O) groups is 1. The number of piperazine rings is 1. The summed E-state index contributed by atoms with van der Waals surface area (Å²) in [5, 5.41) is 3.67. The van der Waals surface area contributed by atoms with Gasteiger partial charge in [-0.2, -0.15) is 0 Å². The van der Waals surface area contributed by atoms with Crippen LogP contribution in [0.4, 0.5) is 5.13 Å². The summed E-state index contributed by atoms with van der Waals surface area (Å²) in [6.45, 7) is 4.82. The highest BCUT2D eigenvalue weighted by Crippen LogP contribution is 2.34. The van der Waals surface area contributed by atoms with Gasteiger partial charge < -0.3 is 19.0 Å². The van der Waals surface area contributed by atoms with Gasteiger partial charge >= 0.3 is 5.63 Å². The summed E-state index contributed by atoms with van der Waals surface area (Å²) in [6.07, 6.45) is 0. The second-order valence-corrected chi connectivity index (χ2v) is 9.47. The van der Waals surface area contributed by atoms with Gasteiger partial charge in [0.15, 0.2) is 5.13 Å². The molecule has 0 spiro atoms. The second kappa shape index (κ2) is 8.70. The first kappa shape index (κ1) is 21.6. The van der Waals surface area contributed by atoms with Crippen molar-refractivity contribution in [1.82, 2.24) is 9.88 Å². The monoisotopic (exact) mass is 485 g/mol. The third-order valence-corrected chi connectivity index (χ3v) is 7.46. The van der Waals surface area contributed by atoms with Crippen LogP contribution in [0.3, 0.4) is 0 Å². The smallest absolute Gasteiger partial charge is 0.349 e. The number of para-hydroxylation sites is 1. The SMILES string of the molecule is CCOc1cccc2sc(N3CCN(C(=O)c4cc5c(ccc6ccccc65)oc4=O)CC3)nc12. The fourth-order valence-electron chi connectivity index (χ4n) is 4.61. The average molecular weight is 486 g/mol. The number of carbonyl (C=O) groups excluding carboxylic acids is 1. The molecule has 0 radical (unpaired) electrons. The van der Waals surface area contributed by atoms with Crippen LogP contribution in [0.5, 0.6) is 5.75 Å². The Morgan fingerprint density at radius 2 is 1.86 bits per heavy atom. The Morgan fingerprint density at radius 1 is 1.03 bits per heavy atom. The molecule has 1 saturated heterocycles. The summed E-state index contributed by atoms with van der Waals surface area (Å²) in [5.74, 6) is 0.494. The topological polar surface area (TPSA) is 75.9 Å². The van der Waals surface area contributed by atoms with E-state index in [0.717, 1.165) is 37.3 Å². The summed E-state index contributed by atoms with van der Waals surface area (Å²) < 4.78 is 12.3. The number of fused-ring (bicyclic) bond motifs is 4. The molecule has 1 aliphatic rings. The molecule has 1 fully saturated rings. The van der Waals surface area contributed by atoms with E-state index in [0.29, 0.717) is 38.4 Å². The molecule has 0 saturated carbocycles. The van der Waals surface area contributed by atoms with E-state index in [1.54, 1.807) is 28.4 Å². The van der Waals surface area contributed by atoms with E-state index in [-0.39, 0.29) is 11.5 Å². The van der Waals surface area contributed by atoms with Gasteiger partial charge in [-0.15, -0.1) is 0 Å². The molecule has 0 unspecified atom stereocenters. The van der Waals surface area contributed by atoms with Crippen molar-refractivity contribution in [1.29, 1.82) is 0 Å². The van der Waals surface area contributed by atoms with Crippen LogP contribution in [-0.2, 0) is 0 Å². The van der Waals surface area contributed by atoms with E-state index in [4.69, 9.17) is 14.1 Å². The van der Waals surface area contributed by atoms with Crippen LogP contribution in [0, 0.1) is 0 Å². The van der Waals surface area contributed by atoms with Crippen molar-refractivity contribution in [2.24, 2.45) is 0 Å². The number of hydrogen-bond acceptors (Lipinski definition) is 7. The van der Waals surface area contributed by atoms with Crippen molar-refractivity contribution in [3.63, 3.8) is 0 Å². The van der Waals surface area contributed by atoms with Gasteiger partial charge in [0.25, 0.3) is 5.91 Å². The predicted molar refractivity (Wildman–Crippen MR) is 139 cm³/mol. The molecule has 0 N–H and O–H groups in total. The fraction of sp³-hybridized carbons (Fsp3) is 0.222. The van der Waals surface area contributed by atoms with Gasteiger partial charge in [0.1, 0.15) is 22.4 Å². The molecule has 35 heavy (non-hydrogen) atoms. The van der Waals surface area contributed by atoms with Gasteiger partial charge in [0.05, 0.1) is 11.3 Å². The van der Waals surface area contributed by atoms with Crippen molar-refractivity contribution in [2.75, 3.05) is 37.7 Å². The summed E-state index contributed by atoms with van der Waals surface area (Å²) in [4.78, 5) is 34.7. The van der Waals surface area contributed by atoms with E-state index in [1.807, 2.05) is 55.5 Å². The quantitative estimate of drug-likeness (QED) is 0.266. The minimum Gasteiger partial charge on any atom is -0.492 e. The summed E-state index contributed by atoms with van der Waals surface area (Å²) in [6, 6.07) is 19.2. The zero-order valence-electron chi connectivity index (χ0n) is 19.2. The number of ether oxygens (including phenoxy) is 1. The molecule has 5 aromatic rings. The summed E-state index contributed by atoms with van der Waals surface area (Å²) >= 11 is 1.62. The molecule has 6 rings (SSSR count). The zero-order valence-corrected chi connectivity index (χ0v) is 20.0. The lowest BCUT2D eigenvalue weighted by atomic mass is 10.0. The van der Waals surface area contributed by atoms with Gasteiger partial charge in [-0.3, -0.25) is 4.79 Å². The molecule has 176 valence electrons. The molecule has 0 aliphatic carbocycles. The molecule has 3 heterocycles. The van der Waals surface area contributed by atoms with E-state index < -0.39 is 5.63 Å². The number of amides is 1. The molecule has 1 amide bonds. The minimum absolute atomic E-state index is 0.0728. The molecule has 8 heteroatoms. The third kappa shape index (κ3) is 3.80. The van der Waals surface area contributed by atoms with Crippen molar-refractivity contribution < 1.29 is 13.9 Å². The first-order chi connectivity index (χ1) is 17.1. The van der Waals surface area contributed by atoms with Crippen LogP contribution >= 0.6 is 11.3 Å². The normalized spacial score (nSPS) is 14.2. The van der Waals surface area contributed by atoms with E-state index in [9.17, 15) is 9.59 Å². The van der Waals surface area contributed by atoms with Crippen molar-refractivity contribution >= 4 is 54.3 Å². The summed E-state index contributed by atoms with van der Waals surface area (Å²) in [5.41, 5.74) is 0.824. The Hall–Kier alpha value is -3.91. The Morgan fingerprint density at radius 3 is 2.69 bits per heavy atom. The second-order valence-electron chi connectivity index (χ2n) is 8.46. The summed E-state index contributed by atoms with van der Waals surface area (Å²) in [7, 11) is 0. The highest BCUT2D eigenvalue weighted by atomic mass is 32.1. The van der Waals surface area contributed by atoms with Crippen LogP contribution < -0.4 is 15.3 Å². The van der Waals surface area contributed by atoms with E-state index >= 15 is 0 Å². The number of aromatic nitrogens is 1. The number of benzene rings is 3. The molecular weight excluding hydrogens is 462 g/mol. The molecular formula is C27H23N3O4S.